The predicted molar refractivity (Wildman–Crippen MR) is 112 cm³/mol. The molecule has 0 spiro atoms. The SMILES string of the molecule is Cc1c([C@H]2c3ccccc3C(=O)N2Cc2ccc(F)cc2)c2ccccc2n1C. The molecule has 3 nitrogen and oxygen atoms in total. The lowest BCUT2D eigenvalue weighted by Crippen LogP contribution is -2.28. The molecule has 0 fully saturated rings. The van der Waals surface area contributed by atoms with Crippen LogP contribution < -0.4 is 0 Å². The zero-order valence-electron chi connectivity index (χ0n) is 16.4. The van der Waals surface area contributed by atoms with Crippen LogP contribution in [0.15, 0.2) is 72.8 Å². The molecule has 4 aromatic rings. The molecule has 3 aromatic carbocycles. The topological polar surface area (TPSA) is 25.2 Å². The fourth-order valence-corrected chi connectivity index (χ4v) is 4.53. The number of carbonyl (C=O) groups is 1. The Hall–Kier alpha value is -3.40. The first kappa shape index (κ1) is 17.7. The van der Waals surface area contributed by atoms with Crippen LogP contribution in [0, 0.1) is 12.7 Å². The molecular formula is C25H21FN2O. The molecule has 0 bridgehead atoms. The quantitative estimate of drug-likeness (QED) is 0.466. The number of fused-ring (bicyclic) bond motifs is 2. The van der Waals surface area contributed by atoms with Crippen LogP contribution in [0.1, 0.15) is 38.8 Å². The molecule has 1 aliphatic rings. The Kier molecular flexibility index (Phi) is 4.02. The van der Waals surface area contributed by atoms with Gasteiger partial charge in [0, 0.05) is 41.3 Å². The Labute approximate surface area is 169 Å². The summed E-state index contributed by atoms with van der Waals surface area (Å²) in [6.45, 7) is 2.54. The zero-order chi connectivity index (χ0) is 20.1. The molecule has 1 aliphatic heterocycles. The van der Waals surface area contributed by atoms with Gasteiger partial charge >= 0.3 is 0 Å². The van der Waals surface area contributed by atoms with E-state index in [0.29, 0.717) is 6.54 Å². The van der Waals surface area contributed by atoms with Crippen LogP contribution in [0.25, 0.3) is 10.9 Å². The fourth-order valence-electron chi connectivity index (χ4n) is 4.53. The molecule has 0 N–H and O–H groups in total. The van der Waals surface area contributed by atoms with Crippen molar-refractivity contribution in [1.82, 2.24) is 9.47 Å². The van der Waals surface area contributed by atoms with Crippen molar-refractivity contribution in [3.63, 3.8) is 0 Å². The molecule has 0 unspecified atom stereocenters. The van der Waals surface area contributed by atoms with Crippen LogP contribution in [0.5, 0.6) is 0 Å². The van der Waals surface area contributed by atoms with Gasteiger partial charge in [0.1, 0.15) is 5.82 Å². The second kappa shape index (κ2) is 6.59. The number of hydrogen-bond donors (Lipinski definition) is 0. The third-order valence-corrected chi connectivity index (χ3v) is 6.05. The van der Waals surface area contributed by atoms with Gasteiger partial charge in [0.25, 0.3) is 5.91 Å². The number of nitrogens with zero attached hydrogens (tertiary/aromatic N) is 2. The van der Waals surface area contributed by atoms with Crippen LogP contribution in [0.2, 0.25) is 0 Å². The highest BCUT2D eigenvalue weighted by molar-refractivity contribution is 6.01. The van der Waals surface area contributed by atoms with Crippen LogP contribution in [0.3, 0.4) is 0 Å². The van der Waals surface area contributed by atoms with E-state index >= 15 is 0 Å². The number of benzene rings is 3. The van der Waals surface area contributed by atoms with E-state index in [1.54, 1.807) is 12.1 Å². The number of para-hydroxylation sites is 1. The Morgan fingerprint density at radius 2 is 1.62 bits per heavy atom. The molecule has 0 saturated heterocycles. The van der Waals surface area contributed by atoms with E-state index < -0.39 is 0 Å². The molecule has 1 aromatic heterocycles. The molecule has 144 valence electrons. The summed E-state index contributed by atoms with van der Waals surface area (Å²) in [6, 6.07) is 22.4. The van der Waals surface area contributed by atoms with Gasteiger partial charge in [-0.3, -0.25) is 4.79 Å². The number of aromatic nitrogens is 1. The molecule has 0 saturated carbocycles. The summed E-state index contributed by atoms with van der Waals surface area (Å²) >= 11 is 0. The molecule has 0 radical (unpaired) electrons. The van der Waals surface area contributed by atoms with Crippen molar-refractivity contribution in [3.8, 4) is 0 Å². The predicted octanol–water partition coefficient (Wildman–Crippen LogP) is 5.37. The summed E-state index contributed by atoms with van der Waals surface area (Å²) < 4.78 is 15.6. The van der Waals surface area contributed by atoms with Crippen LogP contribution in [-0.2, 0) is 13.6 Å². The minimum Gasteiger partial charge on any atom is -0.348 e. The number of rotatable bonds is 3. The van der Waals surface area contributed by atoms with E-state index in [9.17, 15) is 9.18 Å². The van der Waals surface area contributed by atoms with Gasteiger partial charge in [-0.15, -0.1) is 0 Å². The van der Waals surface area contributed by atoms with Crippen molar-refractivity contribution >= 4 is 16.8 Å². The maximum absolute atomic E-state index is 13.4. The number of halogens is 1. The van der Waals surface area contributed by atoms with E-state index in [1.165, 1.54) is 12.1 Å². The number of aryl methyl sites for hydroxylation is 1. The first-order valence-electron chi connectivity index (χ1n) is 9.74. The molecular weight excluding hydrogens is 363 g/mol. The van der Waals surface area contributed by atoms with Gasteiger partial charge in [0.2, 0.25) is 0 Å². The summed E-state index contributed by atoms with van der Waals surface area (Å²) in [6.07, 6.45) is 0. The summed E-state index contributed by atoms with van der Waals surface area (Å²) in [5.74, 6) is -0.256. The molecule has 2 heterocycles. The Morgan fingerprint density at radius 1 is 0.931 bits per heavy atom. The Morgan fingerprint density at radius 3 is 2.41 bits per heavy atom. The number of hydrogen-bond acceptors (Lipinski definition) is 1. The maximum atomic E-state index is 13.4. The molecule has 1 amide bonds. The number of amides is 1. The van der Waals surface area contributed by atoms with Gasteiger partial charge in [-0.05, 0) is 42.3 Å². The van der Waals surface area contributed by atoms with Crippen LogP contribution in [0.4, 0.5) is 4.39 Å². The van der Waals surface area contributed by atoms with Gasteiger partial charge in [-0.1, -0.05) is 48.5 Å². The fraction of sp³-hybridized carbons (Fsp3) is 0.160. The molecule has 1 atom stereocenters. The monoisotopic (exact) mass is 384 g/mol. The minimum atomic E-state index is -0.272. The van der Waals surface area contributed by atoms with Crippen molar-refractivity contribution in [2.75, 3.05) is 0 Å². The van der Waals surface area contributed by atoms with Crippen molar-refractivity contribution < 1.29 is 9.18 Å². The second-order valence-corrected chi connectivity index (χ2v) is 7.62. The highest BCUT2D eigenvalue weighted by Crippen LogP contribution is 2.43. The average Bonchev–Trinajstić information content (AvgIpc) is 3.15. The molecule has 5 rings (SSSR count). The third-order valence-electron chi connectivity index (χ3n) is 6.05. The summed E-state index contributed by atoms with van der Waals surface area (Å²) in [4.78, 5) is 15.3. The smallest absolute Gasteiger partial charge is 0.255 e. The van der Waals surface area contributed by atoms with Gasteiger partial charge in [0.05, 0.1) is 6.04 Å². The largest absolute Gasteiger partial charge is 0.348 e. The maximum Gasteiger partial charge on any atom is 0.255 e. The van der Waals surface area contributed by atoms with Gasteiger partial charge in [-0.2, -0.15) is 0 Å². The second-order valence-electron chi connectivity index (χ2n) is 7.62. The van der Waals surface area contributed by atoms with Crippen molar-refractivity contribution in [2.45, 2.75) is 19.5 Å². The first-order chi connectivity index (χ1) is 14.1. The van der Waals surface area contributed by atoms with Crippen LogP contribution >= 0.6 is 0 Å². The van der Waals surface area contributed by atoms with E-state index in [2.05, 4.69) is 30.7 Å². The standard InChI is InChI=1S/C25H21FN2O/c1-16-23(21-9-5-6-10-22(21)27(16)2)24-19-7-3-4-8-20(19)25(29)28(24)15-17-11-13-18(26)14-12-17/h3-14,24H,15H2,1-2H3/t24-/m1/s1. The lowest BCUT2D eigenvalue weighted by molar-refractivity contribution is 0.0736. The number of carbonyl (C=O) groups excluding carboxylic acids is 1. The zero-order valence-corrected chi connectivity index (χ0v) is 16.4. The first-order valence-corrected chi connectivity index (χ1v) is 9.74. The highest BCUT2D eigenvalue weighted by Gasteiger charge is 2.39. The van der Waals surface area contributed by atoms with Gasteiger partial charge < -0.3 is 9.47 Å². The van der Waals surface area contributed by atoms with E-state index in [0.717, 1.165) is 38.9 Å². The Bertz CT molecular complexity index is 1240. The van der Waals surface area contributed by atoms with Gasteiger partial charge in [0.15, 0.2) is 0 Å². The lowest BCUT2D eigenvalue weighted by atomic mass is 9.95. The summed E-state index contributed by atoms with van der Waals surface area (Å²) in [7, 11) is 2.06. The van der Waals surface area contributed by atoms with Crippen molar-refractivity contribution in [2.24, 2.45) is 7.05 Å². The average molecular weight is 384 g/mol. The van der Waals surface area contributed by atoms with Crippen LogP contribution in [-0.4, -0.2) is 15.4 Å². The lowest BCUT2D eigenvalue weighted by Gasteiger charge is -2.26. The molecule has 0 aliphatic carbocycles. The minimum absolute atomic E-state index is 0.0160. The van der Waals surface area contributed by atoms with Gasteiger partial charge in [-0.25, -0.2) is 4.39 Å². The molecule has 4 heteroatoms. The normalized spacial score (nSPS) is 15.9. The Balaban J connectivity index is 1.71. The summed E-state index contributed by atoms with van der Waals surface area (Å²) in [5.41, 5.74) is 6.13. The van der Waals surface area contributed by atoms with E-state index in [4.69, 9.17) is 0 Å². The van der Waals surface area contributed by atoms with Crippen molar-refractivity contribution in [3.05, 3.63) is 107 Å². The highest BCUT2D eigenvalue weighted by atomic mass is 19.1. The molecule has 29 heavy (non-hydrogen) atoms. The third kappa shape index (κ3) is 2.67. The summed E-state index contributed by atoms with van der Waals surface area (Å²) in [5, 5.41) is 1.16. The van der Waals surface area contributed by atoms with E-state index in [-0.39, 0.29) is 17.8 Å². The van der Waals surface area contributed by atoms with E-state index in [1.807, 2.05) is 41.3 Å². The van der Waals surface area contributed by atoms with Crippen molar-refractivity contribution in [1.29, 1.82) is 0 Å².